The number of methoxy groups -OCH3 is 1. The summed E-state index contributed by atoms with van der Waals surface area (Å²) >= 11 is 6.29. The van der Waals surface area contributed by atoms with Crippen molar-refractivity contribution < 1.29 is 14.3 Å². The largest absolute Gasteiger partial charge is 0.497 e. The SMILES string of the molecule is COc1ccc2cc(COC(=O)CCc3c(C)nn(CC(C)C)c3C)c(Cl)nc2c1. The molecule has 0 amide bonds. The normalized spacial score (nSPS) is 11.3. The molecule has 3 aromatic rings. The van der Waals surface area contributed by atoms with Gasteiger partial charge in [0.25, 0.3) is 0 Å². The average molecular weight is 430 g/mol. The van der Waals surface area contributed by atoms with Crippen molar-refractivity contribution >= 4 is 28.5 Å². The number of rotatable bonds is 8. The predicted octanol–water partition coefficient (Wildman–Crippen LogP) is 5.04. The molecule has 0 N–H and O–H groups in total. The predicted molar refractivity (Wildman–Crippen MR) is 118 cm³/mol. The van der Waals surface area contributed by atoms with Crippen molar-refractivity contribution in [3.8, 4) is 5.75 Å². The molecule has 0 aliphatic carbocycles. The highest BCUT2D eigenvalue weighted by Gasteiger charge is 2.15. The molecule has 6 nitrogen and oxygen atoms in total. The number of aromatic nitrogens is 3. The Labute approximate surface area is 182 Å². The summed E-state index contributed by atoms with van der Waals surface area (Å²) in [5.41, 5.74) is 4.62. The minimum atomic E-state index is -0.267. The number of nitrogens with zero attached hydrogens (tertiary/aromatic N) is 3. The van der Waals surface area contributed by atoms with Gasteiger partial charge >= 0.3 is 5.97 Å². The quantitative estimate of drug-likeness (QED) is 0.370. The van der Waals surface area contributed by atoms with Crippen LogP contribution in [0.3, 0.4) is 0 Å². The molecule has 30 heavy (non-hydrogen) atoms. The van der Waals surface area contributed by atoms with Crippen LogP contribution in [0.25, 0.3) is 10.9 Å². The monoisotopic (exact) mass is 429 g/mol. The van der Waals surface area contributed by atoms with Gasteiger partial charge in [-0.05, 0) is 49.9 Å². The van der Waals surface area contributed by atoms with E-state index >= 15 is 0 Å². The first-order valence-electron chi connectivity index (χ1n) is 10.1. The number of aryl methyl sites for hydroxylation is 1. The second-order valence-corrected chi connectivity index (χ2v) is 8.24. The summed E-state index contributed by atoms with van der Waals surface area (Å²) in [4.78, 5) is 16.7. The van der Waals surface area contributed by atoms with Crippen molar-refractivity contribution in [2.24, 2.45) is 5.92 Å². The van der Waals surface area contributed by atoms with E-state index in [1.807, 2.05) is 35.9 Å². The first-order valence-corrected chi connectivity index (χ1v) is 10.5. The molecule has 0 fully saturated rings. The van der Waals surface area contributed by atoms with Crippen LogP contribution in [0.5, 0.6) is 5.75 Å². The molecule has 3 rings (SSSR count). The van der Waals surface area contributed by atoms with Crippen molar-refractivity contribution in [2.75, 3.05) is 7.11 Å². The van der Waals surface area contributed by atoms with Crippen LogP contribution in [0, 0.1) is 19.8 Å². The maximum absolute atomic E-state index is 12.3. The minimum Gasteiger partial charge on any atom is -0.497 e. The molecule has 0 saturated heterocycles. The summed E-state index contributed by atoms with van der Waals surface area (Å²) in [6, 6.07) is 7.48. The maximum atomic E-state index is 12.3. The number of halogens is 1. The second-order valence-electron chi connectivity index (χ2n) is 7.88. The Bertz CT molecular complexity index is 1060. The van der Waals surface area contributed by atoms with Crippen LogP contribution in [0.2, 0.25) is 5.15 Å². The molecule has 2 heterocycles. The van der Waals surface area contributed by atoms with Gasteiger partial charge in [-0.15, -0.1) is 0 Å². The second kappa shape index (κ2) is 9.47. The Morgan fingerprint density at radius 1 is 1.23 bits per heavy atom. The van der Waals surface area contributed by atoms with Crippen LogP contribution in [-0.2, 0) is 29.1 Å². The number of pyridine rings is 1. The van der Waals surface area contributed by atoms with Gasteiger partial charge < -0.3 is 9.47 Å². The number of hydrogen-bond acceptors (Lipinski definition) is 5. The van der Waals surface area contributed by atoms with E-state index in [1.165, 1.54) is 0 Å². The number of carbonyl (C=O) groups is 1. The topological polar surface area (TPSA) is 66.2 Å². The van der Waals surface area contributed by atoms with E-state index in [1.54, 1.807) is 7.11 Å². The van der Waals surface area contributed by atoms with Gasteiger partial charge in [-0.2, -0.15) is 5.10 Å². The maximum Gasteiger partial charge on any atom is 0.306 e. The van der Waals surface area contributed by atoms with Crippen LogP contribution >= 0.6 is 11.6 Å². The molecular weight excluding hydrogens is 402 g/mol. The van der Waals surface area contributed by atoms with Crippen molar-refractivity contribution in [1.82, 2.24) is 14.8 Å². The highest BCUT2D eigenvalue weighted by atomic mass is 35.5. The van der Waals surface area contributed by atoms with Crippen molar-refractivity contribution in [3.63, 3.8) is 0 Å². The van der Waals surface area contributed by atoms with Crippen LogP contribution in [0.4, 0.5) is 0 Å². The smallest absolute Gasteiger partial charge is 0.306 e. The van der Waals surface area contributed by atoms with Crippen LogP contribution in [-0.4, -0.2) is 27.8 Å². The number of hydrogen-bond donors (Lipinski definition) is 0. The summed E-state index contributed by atoms with van der Waals surface area (Å²) in [6.07, 6.45) is 0.906. The summed E-state index contributed by atoms with van der Waals surface area (Å²) in [6.45, 7) is 9.33. The molecule has 2 aromatic heterocycles. The van der Waals surface area contributed by atoms with Crippen LogP contribution in [0.1, 0.15) is 42.8 Å². The molecule has 0 aliphatic heterocycles. The number of esters is 1. The van der Waals surface area contributed by atoms with Crippen LogP contribution in [0.15, 0.2) is 24.3 Å². The Balaban J connectivity index is 1.61. The lowest BCUT2D eigenvalue weighted by Gasteiger charge is -2.09. The fourth-order valence-electron chi connectivity index (χ4n) is 3.47. The fraction of sp³-hybridized carbons (Fsp3) is 0.435. The number of ether oxygens (including phenoxy) is 2. The van der Waals surface area contributed by atoms with E-state index in [9.17, 15) is 4.79 Å². The lowest BCUT2D eigenvalue weighted by Crippen LogP contribution is -2.09. The fourth-order valence-corrected chi connectivity index (χ4v) is 3.67. The van der Waals surface area contributed by atoms with Crippen molar-refractivity contribution in [3.05, 3.63) is 51.9 Å². The average Bonchev–Trinajstić information content (AvgIpc) is 2.96. The summed E-state index contributed by atoms with van der Waals surface area (Å²) < 4.78 is 12.7. The zero-order chi connectivity index (χ0) is 21.8. The van der Waals surface area contributed by atoms with Gasteiger partial charge in [-0.1, -0.05) is 25.4 Å². The highest BCUT2D eigenvalue weighted by molar-refractivity contribution is 6.30. The van der Waals surface area contributed by atoms with Crippen molar-refractivity contribution in [1.29, 1.82) is 0 Å². The standard InChI is InChI=1S/C23H28ClN3O3/c1-14(2)12-27-16(4)20(15(3)26-27)8-9-22(28)30-13-18-10-17-6-7-19(29-5)11-21(17)25-23(18)24/h6-7,10-11,14H,8-9,12-13H2,1-5H3. The van der Waals surface area contributed by atoms with E-state index in [4.69, 9.17) is 21.1 Å². The molecule has 0 saturated carbocycles. The van der Waals surface area contributed by atoms with E-state index in [0.717, 1.165) is 34.4 Å². The molecule has 1 aromatic carbocycles. The molecule has 0 aliphatic rings. The molecule has 0 unspecified atom stereocenters. The molecule has 7 heteroatoms. The lowest BCUT2D eigenvalue weighted by atomic mass is 10.1. The zero-order valence-corrected chi connectivity index (χ0v) is 18.9. The Kier molecular flexibility index (Phi) is 6.98. The number of carbonyl (C=O) groups excluding carboxylic acids is 1. The van der Waals surface area contributed by atoms with E-state index in [-0.39, 0.29) is 12.6 Å². The first-order chi connectivity index (χ1) is 14.3. The Hall–Kier alpha value is -2.60. The molecular formula is C23H28ClN3O3. The van der Waals surface area contributed by atoms with Gasteiger partial charge in [-0.3, -0.25) is 9.48 Å². The molecule has 0 radical (unpaired) electrons. The van der Waals surface area contributed by atoms with Gasteiger partial charge in [0.15, 0.2) is 0 Å². The summed E-state index contributed by atoms with van der Waals surface area (Å²) in [5, 5.41) is 5.84. The zero-order valence-electron chi connectivity index (χ0n) is 18.2. The first kappa shape index (κ1) is 22.1. The van der Waals surface area contributed by atoms with Crippen LogP contribution < -0.4 is 4.74 Å². The highest BCUT2D eigenvalue weighted by Crippen LogP contribution is 2.25. The molecule has 0 atom stereocenters. The summed E-state index contributed by atoms with van der Waals surface area (Å²) in [7, 11) is 1.61. The molecule has 0 spiro atoms. The van der Waals surface area contributed by atoms with E-state index in [0.29, 0.717) is 35.2 Å². The Morgan fingerprint density at radius 3 is 2.70 bits per heavy atom. The van der Waals surface area contributed by atoms with Gasteiger partial charge in [0, 0.05) is 35.7 Å². The van der Waals surface area contributed by atoms with E-state index < -0.39 is 0 Å². The molecule has 0 bridgehead atoms. The third kappa shape index (κ3) is 5.11. The Morgan fingerprint density at radius 2 is 2.00 bits per heavy atom. The number of fused-ring (bicyclic) bond motifs is 1. The third-order valence-electron chi connectivity index (χ3n) is 5.09. The van der Waals surface area contributed by atoms with E-state index in [2.05, 4.69) is 30.9 Å². The van der Waals surface area contributed by atoms with Crippen molar-refractivity contribution in [2.45, 2.75) is 53.7 Å². The summed E-state index contributed by atoms with van der Waals surface area (Å²) in [5.74, 6) is 0.964. The minimum absolute atomic E-state index is 0.0945. The van der Waals surface area contributed by atoms with Gasteiger partial charge in [0.05, 0.1) is 18.3 Å². The lowest BCUT2D eigenvalue weighted by molar-refractivity contribution is -0.144. The van der Waals surface area contributed by atoms with Gasteiger partial charge in [0.2, 0.25) is 0 Å². The number of benzene rings is 1. The molecule has 160 valence electrons. The third-order valence-corrected chi connectivity index (χ3v) is 5.42. The van der Waals surface area contributed by atoms with Gasteiger partial charge in [0.1, 0.15) is 17.5 Å². The van der Waals surface area contributed by atoms with Gasteiger partial charge in [-0.25, -0.2) is 4.98 Å².